The molecule has 0 saturated carbocycles. The molecular formula is C11H21NO2. The fraction of sp³-hybridized carbons (Fsp3) is 0.818. The molecule has 0 heterocycles. The average molecular weight is 199 g/mol. The van der Waals surface area contributed by atoms with Crippen LogP contribution in [0.2, 0.25) is 0 Å². The molecule has 0 fully saturated rings. The number of hydrogen-bond donors (Lipinski definition) is 1. The summed E-state index contributed by atoms with van der Waals surface area (Å²) in [7, 11) is 0. The van der Waals surface area contributed by atoms with Gasteiger partial charge in [0.1, 0.15) is 11.3 Å². The van der Waals surface area contributed by atoms with Crippen LogP contribution in [0.25, 0.3) is 0 Å². The molecule has 0 radical (unpaired) electrons. The van der Waals surface area contributed by atoms with Crippen LogP contribution in [-0.2, 0) is 9.53 Å². The first kappa shape index (κ1) is 13.1. The second-order valence-electron chi connectivity index (χ2n) is 4.43. The maximum absolute atomic E-state index is 11.5. The van der Waals surface area contributed by atoms with Gasteiger partial charge in [-0.3, -0.25) is 5.41 Å². The van der Waals surface area contributed by atoms with Gasteiger partial charge in [-0.1, -0.05) is 13.8 Å². The van der Waals surface area contributed by atoms with Crippen LogP contribution in [-0.4, -0.2) is 17.3 Å². The summed E-state index contributed by atoms with van der Waals surface area (Å²) in [4.78, 5) is 11.5. The highest BCUT2D eigenvalue weighted by Crippen LogP contribution is 2.13. The van der Waals surface area contributed by atoms with Crippen molar-refractivity contribution < 1.29 is 9.53 Å². The molecule has 1 N–H and O–H groups in total. The summed E-state index contributed by atoms with van der Waals surface area (Å²) in [5.74, 6) is -0.448. The minimum absolute atomic E-state index is 0.0323. The molecule has 0 aliphatic carbocycles. The van der Waals surface area contributed by atoms with Gasteiger partial charge < -0.3 is 4.74 Å². The number of rotatable bonds is 4. The van der Waals surface area contributed by atoms with Gasteiger partial charge in [0.2, 0.25) is 0 Å². The van der Waals surface area contributed by atoms with Gasteiger partial charge in [-0.15, -0.1) is 0 Å². The number of hydrogen-bond acceptors (Lipinski definition) is 3. The van der Waals surface area contributed by atoms with E-state index in [-0.39, 0.29) is 11.6 Å². The Morgan fingerprint density at radius 2 is 1.71 bits per heavy atom. The number of nitrogens with one attached hydrogen (secondary N) is 1. The Kier molecular flexibility index (Phi) is 4.81. The summed E-state index contributed by atoms with van der Waals surface area (Å²) >= 11 is 0. The second kappa shape index (κ2) is 5.13. The molecule has 0 aromatic carbocycles. The van der Waals surface area contributed by atoms with E-state index in [1.807, 2.05) is 34.6 Å². The van der Waals surface area contributed by atoms with E-state index in [1.54, 1.807) is 0 Å². The number of ether oxygens (including phenoxy) is 1. The molecule has 0 rings (SSSR count). The molecule has 0 bridgehead atoms. The van der Waals surface area contributed by atoms with E-state index >= 15 is 0 Å². The number of carbonyl (C=O) groups excluding carboxylic acids is 1. The fourth-order valence-corrected chi connectivity index (χ4v) is 1.20. The zero-order chi connectivity index (χ0) is 11.4. The zero-order valence-corrected chi connectivity index (χ0v) is 9.81. The van der Waals surface area contributed by atoms with Crippen molar-refractivity contribution >= 4 is 11.7 Å². The third kappa shape index (κ3) is 4.40. The van der Waals surface area contributed by atoms with Crippen molar-refractivity contribution in [3.8, 4) is 0 Å². The Balaban J connectivity index is 4.32. The Labute approximate surface area is 86.3 Å². The molecular weight excluding hydrogens is 178 g/mol. The van der Waals surface area contributed by atoms with Crippen molar-refractivity contribution in [1.29, 1.82) is 5.41 Å². The van der Waals surface area contributed by atoms with Crippen molar-refractivity contribution in [3.63, 3.8) is 0 Å². The first-order chi connectivity index (χ1) is 6.31. The summed E-state index contributed by atoms with van der Waals surface area (Å²) in [6.45, 7) is 9.39. The van der Waals surface area contributed by atoms with Crippen LogP contribution in [0.5, 0.6) is 0 Å². The van der Waals surface area contributed by atoms with Gasteiger partial charge in [0.15, 0.2) is 0 Å². The van der Waals surface area contributed by atoms with Crippen molar-refractivity contribution in [2.45, 2.75) is 53.1 Å². The van der Waals surface area contributed by atoms with Crippen molar-refractivity contribution in [2.24, 2.45) is 5.92 Å². The lowest BCUT2D eigenvalue weighted by Crippen LogP contribution is -2.32. The molecule has 82 valence electrons. The van der Waals surface area contributed by atoms with Crippen molar-refractivity contribution in [2.75, 3.05) is 0 Å². The van der Waals surface area contributed by atoms with E-state index < -0.39 is 11.6 Å². The molecule has 0 atom stereocenters. The van der Waals surface area contributed by atoms with E-state index in [0.29, 0.717) is 0 Å². The molecule has 0 aliphatic rings. The second-order valence-corrected chi connectivity index (χ2v) is 4.43. The molecule has 0 unspecified atom stereocenters. The lowest BCUT2D eigenvalue weighted by molar-refractivity contribution is -0.146. The largest absolute Gasteiger partial charge is 0.455 e. The van der Waals surface area contributed by atoms with Crippen LogP contribution < -0.4 is 0 Å². The topological polar surface area (TPSA) is 50.2 Å². The Bertz CT molecular complexity index is 212. The summed E-state index contributed by atoms with van der Waals surface area (Å²) in [6, 6.07) is 0. The molecule has 0 saturated heterocycles. The Morgan fingerprint density at radius 3 is 2.00 bits per heavy atom. The highest BCUT2D eigenvalue weighted by molar-refractivity contribution is 6.35. The maximum Gasteiger partial charge on any atom is 0.352 e. The van der Waals surface area contributed by atoms with E-state index in [9.17, 15) is 4.79 Å². The summed E-state index contributed by atoms with van der Waals surface area (Å²) in [6.07, 6.45) is 1.63. The van der Waals surface area contributed by atoms with Gasteiger partial charge in [0.05, 0.1) is 0 Å². The monoisotopic (exact) mass is 199 g/mol. The van der Waals surface area contributed by atoms with E-state index in [1.165, 1.54) is 0 Å². The van der Waals surface area contributed by atoms with Crippen LogP contribution >= 0.6 is 0 Å². The average Bonchev–Trinajstić information content (AvgIpc) is 2.03. The zero-order valence-electron chi connectivity index (χ0n) is 9.81. The molecule has 0 aromatic rings. The van der Waals surface area contributed by atoms with Gasteiger partial charge >= 0.3 is 5.97 Å². The first-order valence-electron chi connectivity index (χ1n) is 5.13. The van der Waals surface area contributed by atoms with Crippen LogP contribution in [0.1, 0.15) is 47.5 Å². The molecule has 0 spiro atoms. The van der Waals surface area contributed by atoms with Gasteiger partial charge in [0, 0.05) is 5.92 Å². The lowest BCUT2D eigenvalue weighted by atomic mass is 9.97. The molecule has 3 nitrogen and oxygen atoms in total. The van der Waals surface area contributed by atoms with E-state index in [4.69, 9.17) is 10.1 Å². The van der Waals surface area contributed by atoms with Gasteiger partial charge in [-0.05, 0) is 33.6 Å². The SMILES string of the molecule is CCC(CC)C(=N)C(=O)OC(C)(C)C. The third-order valence-electron chi connectivity index (χ3n) is 2.01. The highest BCUT2D eigenvalue weighted by atomic mass is 16.6. The number of carbonyl (C=O) groups is 1. The Hall–Kier alpha value is -0.860. The fourth-order valence-electron chi connectivity index (χ4n) is 1.20. The highest BCUT2D eigenvalue weighted by Gasteiger charge is 2.24. The van der Waals surface area contributed by atoms with E-state index in [2.05, 4.69) is 0 Å². The minimum atomic E-state index is -0.505. The molecule has 0 amide bonds. The van der Waals surface area contributed by atoms with Crippen LogP contribution in [0.4, 0.5) is 0 Å². The molecule has 14 heavy (non-hydrogen) atoms. The van der Waals surface area contributed by atoms with Crippen LogP contribution in [0.15, 0.2) is 0 Å². The maximum atomic E-state index is 11.5. The quantitative estimate of drug-likeness (QED) is 0.559. The van der Waals surface area contributed by atoms with Crippen molar-refractivity contribution in [1.82, 2.24) is 0 Å². The van der Waals surface area contributed by atoms with Crippen molar-refractivity contribution in [3.05, 3.63) is 0 Å². The van der Waals surface area contributed by atoms with Crippen LogP contribution in [0, 0.1) is 11.3 Å². The summed E-state index contributed by atoms with van der Waals surface area (Å²) < 4.78 is 5.12. The van der Waals surface area contributed by atoms with Gasteiger partial charge in [-0.25, -0.2) is 4.79 Å². The molecule has 0 aliphatic heterocycles. The number of esters is 1. The molecule has 3 heteroatoms. The smallest absolute Gasteiger partial charge is 0.352 e. The van der Waals surface area contributed by atoms with Gasteiger partial charge in [-0.2, -0.15) is 0 Å². The molecule has 0 aromatic heterocycles. The van der Waals surface area contributed by atoms with Gasteiger partial charge in [0.25, 0.3) is 0 Å². The standard InChI is InChI=1S/C11H21NO2/c1-6-8(7-2)9(12)10(13)14-11(3,4)5/h8,12H,6-7H2,1-5H3. The first-order valence-corrected chi connectivity index (χ1v) is 5.13. The van der Waals surface area contributed by atoms with E-state index in [0.717, 1.165) is 12.8 Å². The predicted octanol–water partition coefficient (Wildman–Crippen LogP) is 2.78. The third-order valence-corrected chi connectivity index (χ3v) is 2.01. The predicted molar refractivity (Wildman–Crippen MR) is 57.6 cm³/mol. The summed E-state index contributed by atoms with van der Waals surface area (Å²) in [5, 5.41) is 7.66. The Morgan fingerprint density at radius 1 is 1.29 bits per heavy atom. The minimum Gasteiger partial charge on any atom is -0.455 e. The summed E-state index contributed by atoms with van der Waals surface area (Å²) in [5.41, 5.74) is -0.403. The lowest BCUT2D eigenvalue weighted by Gasteiger charge is -2.21. The van der Waals surface area contributed by atoms with Crippen LogP contribution in [0.3, 0.4) is 0 Å². The normalized spacial score (nSPS) is 11.6.